The lowest BCUT2D eigenvalue weighted by Gasteiger charge is -2.40. The number of nitrogens with zero attached hydrogens (tertiary/aromatic N) is 2. The van der Waals surface area contributed by atoms with Gasteiger partial charge in [0, 0.05) is 31.1 Å². The van der Waals surface area contributed by atoms with E-state index in [1.165, 1.54) is 0 Å². The van der Waals surface area contributed by atoms with Gasteiger partial charge in [-0.1, -0.05) is 30.3 Å². The second kappa shape index (κ2) is 9.58. The summed E-state index contributed by atoms with van der Waals surface area (Å²) in [6.45, 7) is 7.19. The van der Waals surface area contributed by atoms with E-state index in [-0.39, 0.29) is 6.04 Å². The van der Waals surface area contributed by atoms with Crippen molar-refractivity contribution in [2.24, 2.45) is 0 Å². The second-order valence-electron chi connectivity index (χ2n) is 7.84. The molecule has 3 heterocycles. The highest BCUT2D eigenvalue weighted by Gasteiger charge is 2.42. The van der Waals surface area contributed by atoms with Crippen LogP contribution in [0.4, 0.5) is 10.5 Å². The lowest BCUT2D eigenvalue weighted by Crippen LogP contribution is -2.43. The number of pyridine rings is 1. The van der Waals surface area contributed by atoms with Crippen molar-refractivity contribution in [1.82, 2.24) is 14.7 Å². The summed E-state index contributed by atoms with van der Waals surface area (Å²) in [7, 11) is 1.63. The van der Waals surface area contributed by atoms with E-state index >= 15 is 0 Å². The van der Waals surface area contributed by atoms with Crippen molar-refractivity contribution in [1.29, 1.82) is 0 Å². The molecule has 1 aliphatic rings. The van der Waals surface area contributed by atoms with E-state index in [4.69, 9.17) is 19.2 Å². The number of benzene rings is 1. The average molecular weight is 439 g/mol. The van der Waals surface area contributed by atoms with E-state index in [1.54, 1.807) is 7.11 Å². The summed E-state index contributed by atoms with van der Waals surface area (Å²) in [5.41, 5.74) is 5.66. The number of nitrogens with one attached hydrogen (secondary N) is 2. The first-order valence-electron chi connectivity index (χ1n) is 10.9. The van der Waals surface area contributed by atoms with Crippen molar-refractivity contribution >= 4 is 17.4 Å². The number of amides is 1. The Balaban J connectivity index is 1.84. The molecule has 0 fully saturated rings. The Hall–Kier alpha value is -3.10. The molecule has 1 aliphatic heterocycles. The quantitative estimate of drug-likeness (QED) is 0.544. The third kappa shape index (κ3) is 4.16. The number of aromatic nitrogens is 2. The van der Waals surface area contributed by atoms with Gasteiger partial charge in [0.1, 0.15) is 6.10 Å². The van der Waals surface area contributed by atoms with Crippen LogP contribution in [0.2, 0.25) is 0 Å². The molecule has 0 saturated heterocycles. The van der Waals surface area contributed by atoms with E-state index < -0.39 is 18.3 Å². The van der Waals surface area contributed by atoms with Crippen molar-refractivity contribution in [2.45, 2.75) is 39.0 Å². The SMILES string of the molecule is CCNC(=O)OC1C(c2ccccc2)Nc2c(ccn3c(C)c(C)nc23)[C@H]1OCCOC. The van der Waals surface area contributed by atoms with E-state index in [0.717, 1.165) is 33.8 Å². The summed E-state index contributed by atoms with van der Waals surface area (Å²) in [6.07, 6.45) is 0.436. The topological polar surface area (TPSA) is 86.1 Å². The third-order valence-electron chi connectivity index (χ3n) is 5.84. The normalized spacial score (nSPS) is 19.9. The van der Waals surface area contributed by atoms with Crippen LogP contribution in [0.25, 0.3) is 5.65 Å². The first-order valence-corrected chi connectivity index (χ1v) is 10.9. The molecule has 8 heteroatoms. The molecule has 0 bridgehead atoms. The Bertz CT molecular complexity index is 1080. The molecule has 0 saturated carbocycles. The number of carbonyl (C=O) groups excluding carboxylic acids is 1. The first-order chi connectivity index (χ1) is 15.5. The molecule has 3 aromatic rings. The summed E-state index contributed by atoms with van der Waals surface area (Å²) in [5, 5.41) is 6.35. The van der Waals surface area contributed by atoms with Gasteiger partial charge in [0.25, 0.3) is 0 Å². The predicted octanol–water partition coefficient (Wildman–Crippen LogP) is 3.94. The molecule has 2 unspecified atom stereocenters. The van der Waals surface area contributed by atoms with Gasteiger partial charge < -0.3 is 29.2 Å². The Labute approximate surface area is 187 Å². The summed E-state index contributed by atoms with van der Waals surface area (Å²) >= 11 is 0. The minimum atomic E-state index is -0.590. The molecule has 1 amide bonds. The van der Waals surface area contributed by atoms with Gasteiger partial charge in [-0.15, -0.1) is 0 Å². The summed E-state index contributed by atoms with van der Waals surface area (Å²) < 4.78 is 19.5. The van der Waals surface area contributed by atoms with Gasteiger partial charge in [-0.2, -0.15) is 0 Å². The zero-order valence-corrected chi connectivity index (χ0v) is 18.9. The van der Waals surface area contributed by atoms with E-state index in [1.807, 2.05) is 63.4 Å². The first kappa shape index (κ1) is 22.1. The maximum absolute atomic E-state index is 12.5. The fraction of sp³-hybridized carbons (Fsp3) is 0.417. The fourth-order valence-electron chi connectivity index (χ4n) is 4.14. The highest BCUT2D eigenvalue weighted by Crippen LogP contribution is 2.44. The van der Waals surface area contributed by atoms with Crippen molar-refractivity contribution < 1.29 is 19.0 Å². The van der Waals surface area contributed by atoms with Gasteiger partial charge in [-0.05, 0) is 32.4 Å². The van der Waals surface area contributed by atoms with Gasteiger partial charge in [0.05, 0.1) is 30.6 Å². The lowest BCUT2D eigenvalue weighted by atomic mass is 9.88. The number of rotatable bonds is 7. The number of imidazole rings is 1. The van der Waals surface area contributed by atoms with Gasteiger partial charge in [0.2, 0.25) is 0 Å². The van der Waals surface area contributed by atoms with Crippen LogP contribution >= 0.6 is 0 Å². The molecule has 3 atom stereocenters. The smallest absolute Gasteiger partial charge is 0.407 e. The monoisotopic (exact) mass is 438 g/mol. The van der Waals surface area contributed by atoms with Crippen LogP contribution in [0.3, 0.4) is 0 Å². The van der Waals surface area contributed by atoms with Crippen LogP contribution < -0.4 is 10.6 Å². The van der Waals surface area contributed by atoms with Crippen LogP contribution in [-0.2, 0) is 14.2 Å². The molecule has 4 rings (SSSR count). The van der Waals surface area contributed by atoms with Gasteiger partial charge in [-0.3, -0.25) is 0 Å². The molecule has 8 nitrogen and oxygen atoms in total. The maximum Gasteiger partial charge on any atom is 0.407 e. The predicted molar refractivity (Wildman–Crippen MR) is 122 cm³/mol. The summed E-state index contributed by atoms with van der Waals surface area (Å²) in [6, 6.07) is 11.6. The molecular weight excluding hydrogens is 408 g/mol. The molecule has 2 aromatic heterocycles. The number of hydrogen-bond donors (Lipinski definition) is 2. The molecule has 170 valence electrons. The number of aryl methyl sites for hydroxylation is 2. The Kier molecular flexibility index (Phi) is 6.62. The highest BCUT2D eigenvalue weighted by molar-refractivity contribution is 5.76. The second-order valence-corrected chi connectivity index (χ2v) is 7.84. The van der Waals surface area contributed by atoms with Gasteiger partial charge >= 0.3 is 6.09 Å². The van der Waals surface area contributed by atoms with Crippen LogP contribution in [-0.4, -0.2) is 48.5 Å². The minimum Gasteiger partial charge on any atom is -0.441 e. The number of methoxy groups -OCH3 is 1. The van der Waals surface area contributed by atoms with Crippen LogP contribution in [0.15, 0.2) is 42.6 Å². The zero-order valence-electron chi connectivity index (χ0n) is 18.9. The van der Waals surface area contributed by atoms with Crippen LogP contribution in [0, 0.1) is 13.8 Å². The Morgan fingerprint density at radius 2 is 1.97 bits per heavy atom. The maximum atomic E-state index is 12.5. The van der Waals surface area contributed by atoms with Crippen LogP contribution in [0.5, 0.6) is 0 Å². The lowest BCUT2D eigenvalue weighted by molar-refractivity contribution is -0.0681. The molecule has 32 heavy (non-hydrogen) atoms. The third-order valence-corrected chi connectivity index (χ3v) is 5.84. The van der Waals surface area contributed by atoms with Crippen molar-refractivity contribution in [3.63, 3.8) is 0 Å². The number of alkyl carbamates (subject to hydrolysis) is 1. The van der Waals surface area contributed by atoms with Crippen molar-refractivity contribution in [3.8, 4) is 0 Å². The number of anilines is 1. The largest absolute Gasteiger partial charge is 0.441 e. The minimum absolute atomic E-state index is 0.317. The molecule has 2 N–H and O–H groups in total. The summed E-state index contributed by atoms with van der Waals surface area (Å²) in [4.78, 5) is 17.3. The Morgan fingerprint density at radius 3 is 2.69 bits per heavy atom. The van der Waals surface area contributed by atoms with E-state index in [9.17, 15) is 4.79 Å². The molecule has 0 spiro atoms. The van der Waals surface area contributed by atoms with E-state index in [0.29, 0.717) is 19.8 Å². The van der Waals surface area contributed by atoms with Gasteiger partial charge in [-0.25, -0.2) is 9.78 Å². The standard InChI is InChI=1S/C24H30N4O4/c1-5-25-24(29)32-22-19(17-9-7-6-8-10-17)27-20-18(21(22)31-14-13-30-4)11-12-28-16(3)15(2)26-23(20)28/h6-12,19,21-22,27H,5,13-14H2,1-4H3,(H,25,29)/t19?,21-,22?/m1/s1. The average Bonchev–Trinajstić information content (AvgIpc) is 3.09. The van der Waals surface area contributed by atoms with Crippen LogP contribution in [0.1, 0.15) is 41.6 Å². The molecule has 1 aromatic carbocycles. The number of ether oxygens (including phenoxy) is 3. The van der Waals surface area contributed by atoms with Gasteiger partial charge in [0.15, 0.2) is 11.8 Å². The number of fused-ring (bicyclic) bond motifs is 3. The molecule has 0 radical (unpaired) electrons. The number of carbonyl (C=O) groups is 1. The highest BCUT2D eigenvalue weighted by atomic mass is 16.6. The molecular formula is C24H30N4O4. The van der Waals surface area contributed by atoms with Crippen molar-refractivity contribution in [2.75, 3.05) is 32.2 Å². The fourth-order valence-corrected chi connectivity index (χ4v) is 4.14. The van der Waals surface area contributed by atoms with E-state index in [2.05, 4.69) is 15.0 Å². The molecule has 0 aliphatic carbocycles. The van der Waals surface area contributed by atoms with Crippen molar-refractivity contribution in [3.05, 3.63) is 65.1 Å². The summed E-state index contributed by atoms with van der Waals surface area (Å²) in [5.74, 6) is 0. The zero-order chi connectivity index (χ0) is 22.7. The Morgan fingerprint density at radius 1 is 1.19 bits per heavy atom. The number of hydrogen-bond acceptors (Lipinski definition) is 6.